The molecule has 0 aliphatic carbocycles. The number of para-hydroxylation sites is 1. The van der Waals surface area contributed by atoms with Crippen molar-refractivity contribution < 1.29 is 9.53 Å². The monoisotopic (exact) mass is 347 g/mol. The molecule has 0 bridgehead atoms. The number of carbonyl (C=O) groups excluding carboxylic acids is 1. The van der Waals surface area contributed by atoms with Gasteiger partial charge in [0.1, 0.15) is 5.60 Å². The second kappa shape index (κ2) is 6.48. The number of halogens is 1. The van der Waals surface area contributed by atoms with Gasteiger partial charge in [0, 0.05) is 36.4 Å². The highest BCUT2D eigenvalue weighted by atomic mass is 35.5. The van der Waals surface area contributed by atoms with E-state index in [0.717, 1.165) is 23.0 Å². The lowest BCUT2D eigenvalue weighted by molar-refractivity contribution is 0.0293. The van der Waals surface area contributed by atoms with E-state index in [0.29, 0.717) is 18.1 Å². The molecule has 128 valence electrons. The van der Waals surface area contributed by atoms with Gasteiger partial charge in [-0.25, -0.2) is 4.79 Å². The first-order valence-electron chi connectivity index (χ1n) is 8.11. The van der Waals surface area contributed by atoms with Gasteiger partial charge in [0.05, 0.1) is 10.5 Å². The molecule has 6 heteroatoms. The summed E-state index contributed by atoms with van der Waals surface area (Å²) in [5.74, 6) is 0. The highest BCUT2D eigenvalue weighted by Gasteiger charge is 2.29. The summed E-state index contributed by atoms with van der Waals surface area (Å²) < 4.78 is 5.44. The molecule has 1 fully saturated rings. The van der Waals surface area contributed by atoms with Crippen LogP contribution in [0.25, 0.3) is 10.9 Å². The van der Waals surface area contributed by atoms with E-state index >= 15 is 0 Å². The predicted molar refractivity (Wildman–Crippen MR) is 96.6 cm³/mol. The Labute approximate surface area is 146 Å². The number of aromatic nitrogens is 1. The quantitative estimate of drug-likeness (QED) is 0.879. The Morgan fingerprint density at radius 1 is 1.38 bits per heavy atom. The van der Waals surface area contributed by atoms with Crippen molar-refractivity contribution in [1.82, 2.24) is 9.88 Å². The molecule has 1 aliphatic rings. The number of fused-ring (bicyclic) bond motifs is 1. The maximum atomic E-state index is 12.2. The molecule has 2 aromatic rings. The van der Waals surface area contributed by atoms with Crippen LogP contribution in [0.15, 0.2) is 30.5 Å². The SMILES string of the molecule is CC(C)(C)OC(=O)N1CCC(Nc2ccnc3c(Cl)cccc23)C1. The molecule has 2 heterocycles. The number of hydrogen-bond donors (Lipinski definition) is 1. The normalized spacial score (nSPS) is 18.0. The van der Waals surface area contributed by atoms with Crippen LogP contribution < -0.4 is 5.32 Å². The molecule has 0 saturated carbocycles. The number of amides is 1. The smallest absolute Gasteiger partial charge is 0.410 e. The number of rotatable bonds is 2. The van der Waals surface area contributed by atoms with Gasteiger partial charge < -0.3 is 15.0 Å². The fraction of sp³-hybridized carbons (Fsp3) is 0.444. The summed E-state index contributed by atoms with van der Waals surface area (Å²) in [5.41, 5.74) is 1.30. The molecule has 1 unspecified atom stereocenters. The summed E-state index contributed by atoms with van der Waals surface area (Å²) in [6.07, 6.45) is 2.37. The zero-order valence-electron chi connectivity index (χ0n) is 14.2. The summed E-state index contributed by atoms with van der Waals surface area (Å²) in [6.45, 7) is 6.95. The number of pyridine rings is 1. The minimum absolute atomic E-state index is 0.182. The maximum Gasteiger partial charge on any atom is 0.410 e. The third kappa shape index (κ3) is 3.73. The first-order chi connectivity index (χ1) is 11.3. The van der Waals surface area contributed by atoms with Gasteiger partial charge in [-0.15, -0.1) is 0 Å². The summed E-state index contributed by atoms with van der Waals surface area (Å²) in [5, 5.41) is 5.13. The van der Waals surface area contributed by atoms with Crippen LogP contribution in [-0.2, 0) is 4.74 Å². The second-order valence-corrected chi connectivity index (χ2v) is 7.46. The van der Waals surface area contributed by atoms with Crippen molar-refractivity contribution in [2.45, 2.75) is 38.8 Å². The number of likely N-dealkylation sites (tertiary alicyclic amines) is 1. The molecule has 1 amide bonds. The number of carbonyl (C=O) groups is 1. The van der Waals surface area contributed by atoms with Crippen molar-refractivity contribution in [2.24, 2.45) is 0 Å². The molecule has 5 nitrogen and oxygen atoms in total. The summed E-state index contributed by atoms with van der Waals surface area (Å²) >= 11 is 6.21. The van der Waals surface area contributed by atoms with Crippen molar-refractivity contribution >= 4 is 34.3 Å². The molecular weight excluding hydrogens is 326 g/mol. The Bertz CT molecular complexity index is 758. The van der Waals surface area contributed by atoms with Crippen molar-refractivity contribution in [3.63, 3.8) is 0 Å². The van der Waals surface area contributed by atoms with Crippen molar-refractivity contribution in [3.05, 3.63) is 35.5 Å². The van der Waals surface area contributed by atoms with Crippen LogP contribution >= 0.6 is 11.6 Å². The molecule has 3 rings (SSSR count). The average molecular weight is 348 g/mol. The number of nitrogens with one attached hydrogen (secondary N) is 1. The van der Waals surface area contributed by atoms with Gasteiger partial charge in [-0.3, -0.25) is 4.98 Å². The van der Waals surface area contributed by atoms with Crippen LogP contribution in [0.2, 0.25) is 5.02 Å². The Morgan fingerprint density at radius 3 is 2.92 bits per heavy atom. The van der Waals surface area contributed by atoms with E-state index in [9.17, 15) is 4.79 Å². The molecule has 1 aromatic carbocycles. The Balaban J connectivity index is 1.70. The molecule has 0 radical (unpaired) electrons. The topological polar surface area (TPSA) is 54.5 Å². The maximum absolute atomic E-state index is 12.2. The van der Waals surface area contributed by atoms with Gasteiger partial charge in [0.25, 0.3) is 0 Å². The van der Waals surface area contributed by atoms with E-state index in [2.05, 4.69) is 10.3 Å². The van der Waals surface area contributed by atoms with E-state index in [1.165, 1.54) is 0 Å². The number of hydrogen-bond acceptors (Lipinski definition) is 4. The van der Waals surface area contributed by atoms with Gasteiger partial charge in [-0.05, 0) is 39.3 Å². The van der Waals surface area contributed by atoms with E-state index in [4.69, 9.17) is 16.3 Å². The summed E-state index contributed by atoms with van der Waals surface area (Å²) in [6, 6.07) is 7.87. The highest BCUT2D eigenvalue weighted by molar-refractivity contribution is 6.35. The third-order valence-electron chi connectivity index (χ3n) is 3.92. The fourth-order valence-corrected chi connectivity index (χ4v) is 3.08. The number of benzene rings is 1. The zero-order valence-corrected chi connectivity index (χ0v) is 14.9. The van der Waals surface area contributed by atoms with Crippen molar-refractivity contribution in [3.8, 4) is 0 Å². The van der Waals surface area contributed by atoms with Crippen LogP contribution in [0.1, 0.15) is 27.2 Å². The van der Waals surface area contributed by atoms with Gasteiger partial charge in [0.2, 0.25) is 0 Å². The molecular formula is C18H22ClN3O2. The molecule has 24 heavy (non-hydrogen) atoms. The fourth-order valence-electron chi connectivity index (χ4n) is 2.86. The average Bonchev–Trinajstić information content (AvgIpc) is 2.95. The van der Waals surface area contributed by atoms with Crippen LogP contribution in [0, 0.1) is 0 Å². The van der Waals surface area contributed by atoms with E-state index in [1.807, 2.05) is 45.0 Å². The van der Waals surface area contributed by atoms with Crippen molar-refractivity contribution in [2.75, 3.05) is 18.4 Å². The van der Waals surface area contributed by atoms with E-state index in [-0.39, 0.29) is 12.1 Å². The Kier molecular flexibility index (Phi) is 4.54. The summed E-state index contributed by atoms with van der Waals surface area (Å²) in [4.78, 5) is 18.3. The lowest BCUT2D eigenvalue weighted by atomic mass is 10.1. The van der Waals surface area contributed by atoms with Crippen LogP contribution in [0.5, 0.6) is 0 Å². The minimum atomic E-state index is -0.472. The van der Waals surface area contributed by atoms with E-state index < -0.39 is 5.60 Å². The third-order valence-corrected chi connectivity index (χ3v) is 4.23. The largest absolute Gasteiger partial charge is 0.444 e. The zero-order chi connectivity index (χ0) is 17.3. The summed E-state index contributed by atoms with van der Waals surface area (Å²) in [7, 11) is 0. The molecule has 1 aliphatic heterocycles. The molecule has 1 N–H and O–H groups in total. The van der Waals surface area contributed by atoms with Gasteiger partial charge in [0.15, 0.2) is 0 Å². The van der Waals surface area contributed by atoms with Crippen LogP contribution in [0.3, 0.4) is 0 Å². The lowest BCUT2D eigenvalue weighted by Crippen LogP contribution is -2.36. The molecule has 1 saturated heterocycles. The first-order valence-corrected chi connectivity index (χ1v) is 8.49. The molecule has 1 atom stereocenters. The first kappa shape index (κ1) is 16.8. The number of anilines is 1. The Hall–Kier alpha value is -2.01. The highest BCUT2D eigenvalue weighted by Crippen LogP contribution is 2.28. The van der Waals surface area contributed by atoms with Crippen LogP contribution in [-0.4, -0.2) is 40.7 Å². The molecule has 0 spiro atoms. The predicted octanol–water partition coefficient (Wildman–Crippen LogP) is 4.31. The minimum Gasteiger partial charge on any atom is -0.444 e. The van der Waals surface area contributed by atoms with Gasteiger partial charge >= 0.3 is 6.09 Å². The Morgan fingerprint density at radius 2 is 2.17 bits per heavy atom. The van der Waals surface area contributed by atoms with Crippen molar-refractivity contribution in [1.29, 1.82) is 0 Å². The molecule has 1 aromatic heterocycles. The van der Waals surface area contributed by atoms with Gasteiger partial charge in [-0.1, -0.05) is 23.7 Å². The van der Waals surface area contributed by atoms with Crippen LogP contribution in [0.4, 0.5) is 10.5 Å². The van der Waals surface area contributed by atoms with E-state index in [1.54, 1.807) is 11.1 Å². The standard InChI is InChI=1S/C18H22ClN3O2/c1-18(2,3)24-17(23)22-10-8-12(11-22)21-15-7-9-20-16-13(15)5-4-6-14(16)19/h4-7,9,12H,8,10-11H2,1-3H3,(H,20,21). The number of nitrogens with zero attached hydrogens (tertiary/aromatic N) is 2. The van der Waals surface area contributed by atoms with Gasteiger partial charge in [-0.2, -0.15) is 0 Å². The lowest BCUT2D eigenvalue weighted by Gasteiger charge is -2.24. The number of ether oxygens (including phenoxy) is 1. The second-order valence-electron chi connectivity index (χ2n) is 7.05.